The molecule has 0 heterocycles. The number of sulfonamides is 1. The topological polar surface area (TPSA) is 46.2 Å². The molecule has 0 aliphatic heterocycles. The van der Waals surface area contributed by atoms with Crippen molar-refractivity contribution in [1.82, 2.24) is 4.72 Å². The first-order chi connectivity index (χ1) is 9.79. The highest BCUT2D eigenvalue weighted by Gasteiger charge is 2.27. The van der Waals surface area contributed by atoms with Gasteiger partial charge in [-0.3, -0.25) is 0 Å². The standard InChI is InChI=1S/C13H15ClF3NO2S/c14-9-3-1-8(2-4-9)7-18-21(19,20)13-11(16)5-10(15)6-12(13)17/h5-6,8-9,18H,1-4,7H2. The molecule has 0 spiro atoms. The molecule has 0 unspecified atom stereocenters. The van der Waals surface area contributed by atoms with Gasteiger partial charge in [-0.25, -0.2) is 26.3 Å². The molecule has 0 radical (unpaired) electrons. The summed E-state index contributed by atoms with van der Waals surface area (Å²) in [5, 5.41) is 0.102. The fraction of sp³-hybridized carbons (Fsp3) is 0.538. The Labute approximate surface area is 126 Å². The Hall–Kier alpha value is -0.790. The maximum absolute atomic E-state index is 13.5. The molecule has 1 N–H and O–H groups in total. The lowest BCUT2D eigenvalue weighted by Gasteiger charge is -2.25. The summed E-state index contributed by atoms with van der Waals surface area (Å²) in [6.07, 6.45) is 3.08. The molecule has 1 fully saturated rings. The van der Waals surface area contributed by atoms with E-state index in [1.807, 2.05) is 0 Å². The summed E-state index contributed by atoms with van der Waals surface area (Å²) in [4.78, 5) is -1.14. The molecule has 0 atom stereocenters. The van der Waals surface area contributed by atoms with Crippen LogP contribution < -0.4 is 4.72 Å². The van der Waals surface area contributed by atoms with Gasteiger partial charge in [0.15, 0.2) is 4.90 Å². The van der Waals surface area contributed by atoms with Crippen LogP contribution in [0.1, 0.15) is 25.7 Å². The molecule has 1 aliphatic carbocycles. The van der Waals surface area contributed by atoms with Gasteiger partial charge < -0.3 is 0 Å². The fourth-order valence-electron chi connectivity index (χ4n) is 2.41. The molecule has 0 bridgehead atoms. The van der Waals surface area contributed by atoms with Crippen molar-refractivity contribution >= 4 is 21.6 Å². The number of rotatable bonds is 4. The SMILES string of the molecule is O=S(=O)(NCC1CCC(Cl)CC1)c1c(F)cc(F)cc1F. The van der Waals surface area contributed by atoms with Crippen LogP contribution in [0.4, 0.5) is 13.2 Å². The number of alkyl halides is 1. The minimum absolute atomic E-state index is 0.0846. The van der Waals surface area contributed by atoms with Crippen molar-refractivity contribution < 1.29 is 21.6 Å². The Morgan fingerprint density at radius 2 is 1.62 bits per heavy atom. The van der Waals surface area contributed by atoms with E-state index >= 15 is 0 Å². The minimum Gasteiger partial charge on any atom is -0.211 e. The zero-order chi connectivity index (χ0) is 15.6. The highest BCUT2D eigenvalue weighted by Crippen LogP contribution is 2.27. The molecule has 1 aromatic carbocycles. The molecule has 118 valence electrons. The molecule has 21 heavy (non-hydrogen) atoms. The summed E-state index contributed by atoms with van der Waals surface area (Å²) in [5.74, 6) is -3.96. The second-order valence-electron chi connectivity index (χ2n) is 5.17. The van der Waals surface area contributed by atoms with Crippen LogP contribution in [0, 0.1) is 23.4 Å². The van der Waals surface area contributed by atoms with E-state index in [0.29, 0.717) is 12.1 Å². The molecule has 0 aromatic heterocycles. The number of nitrogens with one attached hydrogen (secondary N) is 1. The highest BCUT2D eigenvalue weighted by molar-refractivity contribution is 7.89. The second-order valence-corrected chi connectivity index (χ2v) is 7.49. The molecule has 0 amide bonds. The molecule has 1 saturated carbocycles. The van der Waals surface area contributed by atoms with E-state index in [4.69, 9.17) is 11.6 Å². The van der Waals surface area contributed by atoms with Gasteiger partial charge in [0, 0.05) is 24.1 Å². The fourth-order valence-corrected chi connectivity index (χ4v) is 3.89. The molecule has 3 nitrogen and oxygen atoms in total. The molecular weight excluding hydrogens is 327 g/mol. The zero-order valence-electron chi connectivity index (χ0n) is 11.1. The van der Waals surface area contributed by atoms with E-state index in [1.54, 1.807) is 0 Å². The van der Waals surface area contributed by atoms with E-state index in [-0.39, 0.29) is 17.8 Å². The van der Waals surface area contributed by atoms with Gasteiger partial charge >= 0.3 is 0 Å². The lowest BCUT2D eigenvalue weighted by Crippen LogP contribution is -2.32. The van der Waals surface area contributed by atoms with Crippen molar-refractivity contribution in [1.29, 1.82) is 0 Å². The van der Waals surface area contributed by atoms with E-state index < -0.39 is 32.4 Å². The molecule has 2 rings (SSSR count). The van der Waals surface area contributed by atoms with Gasteiger partial charge in [0.25, 0.3) is 0 Å². The van der Waals surface area contributed by atoms with Crippen molar-refractivity contribution in [3.63, 3.8) is 0 Å². The largest absolute Gasteiger partial charge is 0.246 e. The number of benzene rings is 1. The average Bonchev–Trinajstić information content (AvgIpc) is 2.36. The number of hydrogen-bond donors (Lipinski definition) is 1. The third-order valence-corrected chi connectivity index (χ3v) is 5.48. The number of halogens is 4. The van der Waals surface area contributed by atoms with Crippen LogP contribution in [0.3, 0.4) is 0 Å². The number of hydrogen-bond acceptors (Lipinski definition) is 2. The Morgan fingerprint density at radius 3 is 2.14 bits per heavy atom. The van der Waals surface area contributed by atoms with Crippen LogP contribution >= 0.6 is 11.6 Å². The summed E-state index contributed by atoms with van der Waals surface area (Å²) >= 11 is 5.95. The lowest BCUT2D eigenvalue weighted by molar-refractivity contribution is 0.360. The van der Waals surface area contributed by atoms with Crippen molar-refractivity contribution in [2.75, 3.05) is 6.54 Å². The summed E-state index contributed by atoms with van der Waals surface area (Å²) in [5.41, 5.74) is 0. The minimum atomic E-state index is -4.35. The van der Waals surface area contributed by atoms with Gasteiger partial charge in [-0.1, -0.05) is 0 Å². The summed E-state index contributed by atoms with van der Waals surface area (Å²) in [6.45, 7) is 0.0855. The molecule has 0 saturated heterocycles. The zero-order valence-corrected chi connectivity index (χ0v) is 12.7. The van der Waals surface area contributed by atoms with Crippen LogP contribution in [0.25, 0.3) is 0 Å². The molecular formula is C13H15ClF3NO2S. The summed E-state index contributed by atoms with van der Waals surface area (Å²) in [7, 11) is -4.35. The van der Waals surface area contributed by atoms with Crippen molar-refractivity contribution in [3.05, 3.63) is 29.6 Å². The third-order valence-electron chi connectivity index (χ3n) is 3.57. The molecule has 1 aromatic rings. The monoisotopic (exact) mass is 341 g/mol. The van der Waals surface area contributed by atoms with Crippen LogP contribution in [0.15, 0.2) is 17.0 Å². The van der Waals surface area contributed by atoms with Gasteiger partial charge in [0.05, 0.1) is 0 Å². The van der Waals surface area contributed by atoms with Crippen molar-refractivity contribution in [3.8, 4) is 0 Å². The maximum atomic E-state index is 13.5. The Morgan fingerprint density at radius 1 is 1.10 bits per heavy atom. The maximum Gasteiger partial charge on any atom is 0.246 e. The third kappa shape index (κ3) is 4.11. The first kappa shape index (κ1) is 16.6. The Kier molecular flexibility index (Phi) is 5.16. The Balaban J connectivity index is 2.09. The first-order valence-corrected chi connectivity index (χ1v) is 8.50. The van der Waals surface area contributed by atoms with Gasteiger partial charge in [-0.2, -0.15) is 0 Å². The van der Waals surface area contributed by atoms with Gasteiger partial charge in [-0.15, -0.1) is 11.6 Å². The van der Waals surface area contributed by atoms with Crippen LogP contribution in [0.5, 0.6) is 0 Å². The summed E-state index contributed by atoms with van der Waals surface area (Å²) < 4.78 is 65.9. The normalized spacial score (nSPS) is 23.2. The first-order valence-electron chi connectivity index (χ1n) is 6.58. The van der Waals surface area contributed by atoms with Crippen LogP contribution in [0.2, 0.25) is 0 Å². The van der Waals surface area contributed by atoms with Crippen LogP contribution in [-0.4, -0.2) is 20.3 Å². The Bertz CT molecular complexity index is 593. The van der Waals surface area contributed by atoms with Crippen molar-refractivity contribution in [2.24, 2.45) is 5.92 Å². The second kappa shape index (κ2) is 6.54. The molecule has 8 heteroatoms. The van der Waals surface area contributed by atoms with Gasteiger partial charge in [0.2, 0.25) is 10.0 Å². The lowest BCUT2D eigenvalue weighted by atomic mass is 9.89. The van der Waals surface area contributed by atoms with E-state index in [9.17, 15) is 21.6 Å². The van der Waals surface area contributed by atoms with Crippen molar-refractivity contribution in [2.45, 2.75) is 36.0 Å². The highest BCUT2D eigenvalue weighted by atomic mass is 35.5. The average molecular weight is 342 g/mol. The summed E-state index contributed by atoms with van der Waals surface area (Å²) in [6, 6.07) is 0.687. The van der Waals surface area contributed by atoms with E-state index in [1.165, 1.54) is 0 Å². The predicted molar refractivity (Wildman–Crippen MR) is 73.1 cm³/mol. The molecule has 1 aliphatic rings. The smallest absolute Gasteiger partial charge is 0.211 e. The van der Waals surface area contributed by atoms with Crippen LogP contribution in [-0.2, 0) is 10.0 Å². The quantitative estimate of drug-likeness (QED) is 0.855. The van der Waals surface area contributed by atoms with Gasteiger partial charge in [0.1, 0.15) is 17.5 Å². The van der Waals surface area contributed by atoms with E-state index in [0.717, 1.165) is 25.7 Å². The predicted octanol–water partition coefficient (Wildman–Crippen LogP) is 3.18. The van der Waals surface area contributed by atoms with E-state index in [2.05, 4.69) is 4.72 Å². The van der Waals surface area contributed by atoms with Gasteiger partial charge in [-0.05, 0) is 31.6 Å².